The first-order chi connectivity index (χ1) is 24.6. The van der Waals surface area contributed by atoms with Crippen LogP contribution in [0.3, 0.4) is 0 Å². The number of piperidine rings is 1. The summed E-state index contributed by atoms with van der Waals surface area (Å²) in [6.07, 6.45) is 2.95. The number of carbonyl (C=O) groups is 1. The van der Waals surface area contributed by atoms with E-state index in [1.807, 2.05) is 24.3 Å². The standard InChI is InChI=1S/C42H50N4O4/c1-3-46-38-14-8-7-13-36(38)37-22-32(15-17-39(37)46)25-45-21-19-34(27-45)24-43-42(47)50-30-35-12-9-20-44(28-35)26-33-16-18-40(48-2)41(23-33)49-29-31-10-5-4-6-11-31/h4-8,10-11,13-18,22-23,34-35H,3,9,12,19-21,24-30H2,1-2H3,(H,43,47). The van der Waals surface area contributed by atoms with Gasteiger partial charge in [-0.25, -0.2) is 4.79 Å². The van der Waals surface area contributed by atoms with Crippen LogP contribution >= 0.6 is 0 Å². The smallest absolute Gasteiger partial charge is 0.407 e. The number of methoxy groups -OCH3 is 1. The Morgan fingerprint density at radius 2 is 1.50 bits per heavy atom. The number of nitrogens with zero attached hydrogens (tertiary/aromatic N) is 3. The normalized spacial score (nSPS) is 18.4. The van der Waals surface area contributed by atoms with Gasteiger partial charge in [-0.15, -0.1) is 0 Å². The van der Waals surface area contributed by atoms with Gasteiger partial charge in [-0.05, 0) is 92.2 Å². The molecule has 0 spiro atoms. The van der Waals surface area contributed by atoms with Gasteiger partial charge in [-0.3, -0.25) is 9.80 Å². The van der Waals surface area contributed by atoms with E-state index in [1.165, 1.54) is 32.9 Å². The SMILES string of the molecule is CCn1c2ccccc2c2cc(CN3CCC(CNC(=O)OCC4CCCN(Cc5ccc(OC)c(OCc6ccccc6)c5)C4)C3)ccc21. The van der Waals surface area contributed by atoms with Crippen molar-refractivity contribution in [1.29, 1.82) is 0 Å². The van der Waals surface area contributed by atoms with E-state index in [2.05, 4.69) is 93.3 Å². The fourth-order valence-corrected chi connectivity index (χ4v) is 7.85. The molecule has 2 aliphatic heterocycles. The maximum Gasteiger partial charge on any atom is 0.407 e. The van der Waals surface area contributed by atoms with Crippen LogP contribution in [-0.2, 0) is 31.0 Å². The summed E-state index contributed by atoms with van der Waals surface area (Å²) in [5, 5.41) is 5.72. The number of amides is 1. The fourth-order valence-electron chi connectivity index (χ4n) is 7.85. The second-order valence-electron chi connectivity index (χ2n) is 14.0. The van der Waals surface area contributed by atoms with E-state index in [4.69, 9.17) is 14.2 Å². The molecule has 2 fully saturated rings. The Bertz CT molecular complexity index is 1890. The maximum atomic E-state index is 12.7. The average Bonchev–Trinajstić information content (AvgIpc) is 3.74. The highest BCUT2D eigenvalue weighted by Crippen LogP contribution is 2.32. The lowest BCUT2D eigenvalue weighted by atomic mass is 9.98. The molecule has 50 heavy (non-hydrogen) atoms. The van der Waals surface area contributed by atoms with Crippen molar-refractivity contribution in [3.8, 4) is 11.5 Å². The van der Waals surface area contributed by atoms with E-state index in [9.17, 15) is 4.79 Å². The van der Waals surface area contributed by atoms with E-state index in [-0.39, 0.29) is 6.09 Å². The van der Waals surface area contributed by atoms with Crippen molar-refractivity contribution in [2.24, 2.45) is 11.8 Å². The molecule has 1 aromatic heterocycles. The van der Waals surface area contributed by atoms with Crippen molar-refractivity contribution in [2.75, 3.05) is 46.4 Å². The number of aromatic nitrogens is 1. The van der Waals surface area contributed by atoms with Gasteiger partial charge in [0, 0.05) is 67.0 Å². The molecule has 262 valence electrons. The number of fused-ring (bicyclic) bond motifs is 3. The van der Waals surface area contributed by atoms with Gasteiger partial charge in [0.15, 0.2) is 11.5 Å². The van der Waals surface area contributed by atoms with Crippen molar-refractivity contribution in [3.63, 3.8) is 0 Å². The molecular weight excluding hydrogens is 624 g/mol. The molecule has 0 aliphatic carbocycles. The summed E-state index contributed by atoms with van der Waals surface area (Å²) in [7, 11) is 1.67. The van der Waals surface area contributed by atoms with Crippen molar-refractivity contribution in [2.45, 2.75) is 52.4 Å². The summed E-state index contributed by atoms with van der Waals surface area (Å²) < 4.78 is 19.9. The molecule has 2 atom stereocenters. The number of aryl methyl sites for hydroxylation is 1. The number of para-hydroxylation sites is 1. The average molecular weight is 675 g/mol. The Morgan fingerprint density at radius 1 is 0.760 bits per heavy atom. The predicted octanol–water partition coefficient (Wildman–Crippen LogP) is 7.86. The van der Waals surface area contributed by atoms with Crippen LogP contribution in [0.15, 0.2) is 91.0 Å². The minimum atomic E-state index is -0.297. The topological polar surface area (TPSA) is 68.2 Å². The molecule has 0 radical (unpaired) electrons. The predicted molar refractivity (Wildman–Crippen MR) is 200 cm³/mol. The van der Waals surface area contributed by atoms with Crippen LogP contribution in [0.1, 0.15) is 42.9 Å². The maximum absolute atomic E-state index is 12.7. The van der Waals surface area contributed by atoms with Gasteiger partial charge in [0.1, 0.15) is 6.61 Å². The molecule has 1 N–H and O–H groups in total. The molecule has 2 unspecified atom stereocenters. The first kappa shape index (κ1) is 33.9. The second-order valence-corrected chi connectivity index (χ2v) is 14.0. The van der Waals surface area contributed by atoms with Crippen molar-refractivity contribution in [1.82, 2.24) is 19.7 Å². The highest BCUT2D eigenvalue weighted by atomic mass is 16.5. The zero-order chi connectivity index (χ0) is 34.3. The highest BCUT2D eigenvalue weighted by Gasteiger charge is 2.25. The zero-order valence-corrected chi connectivity index (χ0v) is 29.5. The van der Waals surface area contributed by atoms with E-state index in [0.29, 0.717) is 31.6 Å². The zero-order valence-electron chi connectivity index (χ0n) is 29.5. The van der Waals surface area contributed by atoms with Gasteiger partial charge >= 0.3 is 6.09 Å². The third-order valence-electron chi connectivity index (χ3n) is 10.4. The molecular formula is C42H50N4O4. The number of rotatable bonds is 13. The quantitative estimate of drug-likeness (QED) is 0.137. The first-order valence-corrected chi connectivity index (χ1v) is 18.2. The Hall–Kier alpha value is -4.53. The van der Waals surface area contributed by atoms with Gasteiger partial charge < -0.3 is 24.1 Å². The van der Waals surface area contributed by atoms with Gasteiger partial charge in [0.05, 0.1) is 13.7 Å². The van der Waals surface area contributed by atoms with Crippen LogP contribution in [0, 0.1) is 11.8 Å². The van der Waals surface area contributed by atoms with E-state index in [0.717, 1.165) is 82.1 Å². The second kappa shape index (κ2) is 16.0. The monoisotopic (exact) mass is 674 g/mol. The number of likely N-dealkylation sites (tertiary alicyclic amines) is 2. The fraction of sp³-hybridized carbons (Fsp3) is 0.405. The van der Waals surface area contributed by atoms with Crippen LogP contribution < -0.4 is 14.8 Å². The number of hydrogen-bond acceptors (Lipinski definition) is 6. The third-order valence-corrected chi connectivity index (χ3v) is 10.4. The number of hydrogen-bond donors (Lipinski definition) is 1. The number of alkyl carbamates (subject to hydrolysis) is 1. The Morgan fingerprint density at radius 3 is 2.34 bits per heavy atom. The molecule has 8 heteroatoms. The lowest BCUT2D eigenvalue weighted by Gasteiger charge is -2.32. The Balaban J connectivity index is 0.843. The van der Waals surface area contributed by atoms with Crippen LogP contribution in [0.5, 0.6) is 11.5 Å². The number of nitrogens with one attached hydrogen (secondary N) is 1. The largest absolute Gasteiger partial charge is 0.493 e. The summed E-state index contributed by atoms with van der Waals surface area (Å²) >= 11 is 0. The Labute approximate surface area is 295 Å². The van der Waals surface area contributed by atoms with Crippen LogP contribution in [0.25, 0.3) is 21.8 Å². The van der Waals surface area contributed by atoms with Crippen molar-refractivity contribution >= 4 is 27.9 Å². The first-order valence-electron chi connectivity index (χ1n) is 18.2. The van der Waals surface area contributed by atoms with E-state index >= 15 is 0 Å². The van der Waals surface area contributed by atoms with Crippen molar-refractivity contribution in [3.05, 3.63) is 108 Å². The van der Waals surface area contributed by atoms with Crippen LogP contribution in [0.4, 0.5) is 4.79 Å². The van der Waals surface area contributed by atoms with Gasteiger partial charge in [0.2, 0.25) is 0 Å². The molecule has 0 saturated carbocycles. The molecule has 2 aliphatic rings. The minimum absolute atomic E-state index is 0.297. The number of benzene rings is 4. The number of carbonyl (C=O) groups excluding carboxylic acids is 1. The summed E-state index contributed by atoms with van der Waals surface area (Å²) in [6.45, 7) is 10.5. The molecule has 1 amide bonds. The van der Waals surface area contributed by atoms with Crippen molar-refractivity contribution < 1.29 is 19.0 Å². The van der Waals surface area contributed by atoms with Crippen LogP contribution in [-0.4, -0.2) is 66.9 Å². The molecule has 4 aromatic carbocycles. The summed E-state index contributed by atoms with van der Waals surface area (Å²) in [6, 6.07) is 32.0. The Kier molecular flexibility index (Phi) is 10.9. The third kappa shape index (κ3) is 8.09. The van der Waals surface area contributed by atoms with E-state index < -0.39 is 0 Å². The van der Waals surface area contributed by atoms with E-state index in [1.54, 1.807) is 7.11 Å². The lowest BCUT2D eigenvalue weighted by molar-refractivity contribution is 0.0863. The lowest BCUT2D eigenvalue weighted by Crippen LogP contribution is -2.38. The molecule has 7 rings (SSSR count). The molecule has 8 nitrogen and oxygen atoms in total. The van der Waals surface area contributed by atoms with Crippen LogP contribution in [0.2, 0.25) is 0 Å². The van der Waals surface area contributed by atoms with Gasteiger partial charge in [-0.1, -0.05) is 60.7 Å². The molecule has 2 saturated heterocycles. The minimum Gasteiger partial charge on any atom is -0.493 e. The summed E-state index contributed by atoms with van der Waals surface area (Å²) in [4.78, 5) is 17.7. The number of ether oxygens (including phenoxy) is 3. The molecule has 3 heterocycles. The summed E-state index contributed by atoms with van der Waals surface area (Å²) in [5.41, 5.74) is 6.25. The summed E-state index contributed by atoms with van der Waals surface area (Å²) in [5.74, 6) is 2.25. The highest BCUT2D eigenvalue weighted by molar-refractivity contribution is 6.08. The molecule has 5 aromatic rings. The van der Waals surface area contributed by atoms with Gasteiger partial charge in [0.25, 0.3) is 0 Å². The van der Waals surface area contributed by atoms with Gasteiger partial charge in [-0.2, -0.15) is 0 Å². The molecule has 0 bridgehead atoms.